The number of halogens is 6. The largest absolute Gasteiger partial charge is 0.491 e. The Labute approximate surface area is 514 Å². The molecule has 27 heteroatoms. The molecule has 0 spiro atoms. The molecule has 0 fully saturated rings. The quantitative estimate of drug-likeness (QED) is 0.0275. The Morgan fingerprint density at radius 3 is 1.31 bits per heavy atom. The minimum atomic E-state index is -5.62. The van der Waals surface area contributed by atoms with E-state index >= 15 is 0 Å². The van der Waals surface area contributed by atoms with Crippen LogP contribution >= 0.6 is 24.0 Å². The Balaban J connectivity index is 0.000000157. The molecule has 4 aliphatic rings. The lowest BCUT2D eigenvalue weighted by atomic mass is 10.1. The van der Waals surface area contributed by atoms with E-state index in [1.807, 2.05) is 54.7 Å². The summed E-state index contributed by atoms with van der Waals surface area (Å²) in [7, 11) is 0. The molecule has 0 saturated heterocycles. The Morgan fingerprint density at radius 2 is 0.910 bits per heavy atom. The van der Waals surface area contributed by atoms with Crippen molar-refractivity contribution in [2.45, 2.75) is 77.5 Å². The number of ether oxygens (including phenoxy) is 11. The number of aryl methyl sites for hydroxylation is 1. The molecule has 0 amide bonds. The number of aliphatic hydroxyl groups is 1. The van der Waals surface area contributed by atoms with Crippen LogP contribution in [-0.2, 0) is 71.8 Å². The number of fused-ring (bicyclic) bond motifs is 6. The number of alkyl halides is 6. The third kappa shape index (κ3) is 21.0. The Kier molecular flexibility index (Phi) is 24.7. The van der Waals surface area contributed by atoms with Crippen LogP contribution in [0, 0.1) is 0 Å². The fourth-order valence-corrected chi connectivity index (χ4v) is 9.31. The van der Waals surface area contributed by atoms with E-state index in [2.05, 4.69) is 69.4 Å². The van der Waals surface area contributed by atoms with Gasteiger partial charge in [-0.2, -0.15) is 26.3 Å². The van der Waals surface area contributed by atoms with Crippen molar-refractivity contribution in [2.75, 3.05) is 33.7 Å². The van der Waals surface area contributed by atoms with Crippen LogP contribution in [0.25, 0.3) is 21.8 Å². The zero-order valence-corrected chi connectivity index (χ0v) is 49.3. The van der Waals surface area contributed by atoms with Gasteiger partial charge in [-0.05, 0) is 126 Å². The van der Waals surface area contributed by atoms with Gasteiger partial charge >= 0.3 is 36.2 Å². The van der Waals surface area contributed by atoms with Crippen LogP contribution in [0.4, 0.5) is 26.3 Å². The molecule has 0 saturated carbocycles. The molecule has 0 bridgehead atoms. The maximum atomic E-state index is 11.2. The first kappa shape index (κ1) is 67.3. The lowest BCUT2D eigenvalue weighted by molar-refractivity contribution is -0.221. The van der Waals surface area contributed by atoms with Crippen LogP contribution in [0.3, 0.4) is 0 Å². The number of nitrogens with two attached hydrogens (primary N) is 1. The Hall–Kier alpha value is -9.18. The zero-order chi connectivity index (χ0) is 63.9. The second-order valence-electron chi connectivity index (χ2n) is 18.9. The number of esters is 4. The van der Waals surface area contributed by atoms with Crippen molar-refractivity contribution in [2.24, 2.45) is 5.73 Å². The van der Waals surface area contributed by atoms with Crippen LogP contribution < -0.4 is 43.6 Å². The third-order valence-electron chi connectivity index (χ3n) is 12.5. The second-order valence-corrected chi connectivity index (χ2v) is 20.7. The number of thiocarbonyl (C=S) groups is 1. The van der Waals surface area contributed by atoms with E-state index in [-0.39, 0.29) is 52.1 Å². The van der Waals surface area contributed by atoms with E-state index in [9.17, 15) is 45.5 Å². The number of thioether (sulfide) groups is 1. The number of aliphatic hydroxyl groups excluding tert-OH is 1. The van der Waals surface area contributed by atoms with Crippen LogP contribution in [0.15, 0.2) is 134 Å². The maximum absolute atomic E-state index is 11.2. The monoisotopic (exact) mass is 1280 g/mol. The molecule has 0 unspecified atom stereocenters. The Bertz CT molecular complexity index is 3610. The highest BCUT2D eigenvalue weighted by molar-refractivity contribution is 8.22. The van der Waals surface area contributed by atoms with E-state index < -0.39 is 24.3 Å². The van der Waals surface area contributed by atoms with Gasteiger partial charge < -0.3 is 72.9 Å². The smallest absolute Gasteiger partial charge is 0.461 e. The van der Waals surface area contributed by atoms with Crippen molar-refractivity contribution in [3.63, 3.8) is 0 Å². The van der Waals surface area contributed by atoms with E-state index in [0.717, 1.165) is 86.8 Å². The number of H-pyrrole nitrogens is 2. The van der Waals surface area contributed by atoms with Gasteiger partial charge in [0, 0.05) is 58.0 Å². The normalized spacial score (nSPS) is 12.5. The first-order valence-corrected chi connectivity index (χ1v) is 28.3. The fourth-order valence-electron chi connectivity index (χ4n) is 8.19. The van der Waals surface area contributed by atoms with Gasteiger partial charge in [-0.3, -0.25) is 9.59 Å². The van der Waals surface area contributed by atoms with Gasteiger partial charge in [0.15, 0.2) is 46.0 Å². The van der Waals surface area contributed by atoms with Gasteiger partial charge in [0.1, 0.15) is 13.2 Å². The number of nitrogens with one attached hydrogen (secondary N) is 2. The molecule has 2 aromatic heterocycles. The summed E-state index contributed by atoms with van der Waals surface area (Å²) in [5.41, 5.74) is 14.4. The summed E-state index contributed by atoms with van der Waals surface area (Å²) < 4.78 is 122. The first-order chi connectivity index (χ1) is 42.7. The van der Waals surface area contributed by atoms with Gasteiger partial charge in [-0.15, -0.1) is 11.8 Å². The van der Waals surface area contributed by atoms with Crippen molar-refractivity contribution in [3.05, 3.63) is 167 Å². The summed E-state index contributed by atoms with van der Waals surface area (Å²) in [6.07, 6.45) is -3.05. The lowest BCUT2D eigenvalue weighted by Crippen LogP contribution is -2.34. The predicted molar refractivity (Wildman–Crippen MR) is 317 cm³/mol. The summed E-state index contributed by atoms with van der Waals surface area (Å²) in [5.74, 6) is -0.0904. The first-order valence-electron chi connectivity index (χ1n) is 26.9. The maximum Gasteiger partial charge on any atom is 0.491 e. The summed E-state index contributed by atoms with van der Waals surface area (Å²) in [5, 5.41) is 11.4. The van der Waals surface area contributed by atoms with Gasteiger partial charge in [-0.25, -0.2) is 9.59 Å². The molecule has 19 nitrogen and oxygen atoms in total. The van der Waals surface area contributed by atoms with E-state index in [4.69, 9.17) is 70.4 Å². The number of benzene rings is 6. The minimum absolute atomic E-state index is 0.0383. The van der Waals surface area contributed by atoms with E-state index in [1.54, 1.807) is 36.0 Å². The van der Waals surface area contributed by atoms with Crippen molar-refractivity contribution < 1.29 is 103 Å². The lowest BCUT2D eigenvalue weighted by Gasteiger charge is -2.06. The molecular formula is C62H59F6N3O16S2. The highest BCUT2D eigenvalue weighted by Gasteiger charge is 2.49. The predicted octanol–water partition coefficient (Wildman–Crippen LogP) is 12.2. The highest BCUT2D eigenvalue weighted by Crippen LogP contribution is 2.36. The average molecular weight is 1280 g/mol. The van der Waals surface area contributed by atoms with Crippen LogP contribution in [0.2, 0.25) is 0 Å². The van der Waals surface area contributed by atoms with Gasteiger partial charge in [0.05, 0.1) is 6.61 Å². The third-order valence-corrected chi connectivity index (χ3v) is 14.0. The van der Waals surface area contributed by atoms with E-state index in [0.29, 0.717) is 24.8 Å². The Morgan fingerprint density at radius 1 is 0.539 bits per heavy atom. The number of para-hydroxylation sites is 2. The molecule has 8 aromatic rings. The minimum Gasteiger partial charge on any atom is -0.461 e. The number of carbonyl (C=O) groups is 4. The second kappa shape index (κ2) is 32.7. The zero-order valence-electron chi connectivity index (χ0n) is 47.6. The van der Waals surface area contributed by atoms with Gasteiger partial charge in [0.25, 0.3) is 0 Å². The molecule has 0 aliphatic carbocycles. The topological polar surface area (TPSA) is 248 Å². The van der Waals surface area contributed by atoms with Crippen LogP contribution in [0.1, 0.15) is 60.1 Å². The van der Waals surface area contributed by atoms with Crippen molar-refractivity contribution in [1.82, 2.24) is 9.97 Å². The molecule has 89 heavy (non-hydrogen) atoms. The number of carbonyl (C=O) groups excluding carboxylic acids is 4. The highest BCUT2D eigenvalue weighted by atomic mass is 32.2. The summed E-state index contributed by atoms with van der Waals surface area (Å²) in [4.78, 5) is 47.0. The number of aromatic nitrogens is 2. The van der Waals surface area contributed by atoms with E-state index in [1.165, 1.54) is 52.3 Å². The summed E-state index contributed by atoms with van der Waals surface area (Å²) in [6.45, 7) is 5.16. The van der Waals surface area contributed by atoms with Crippen molar-refractivity contribution >= 4 is 73.9 Å². The number of hydrogen-bond donors (Lipinski definition) is 4. The van der Waals surface area contributed by atoms with Crippen LogP contribution in [0.5, 0.6) is 46.0 Å². The summed E-state index contributed by atoms with van der Waals surface area (Å²) >= 11 is 7.29. The van der Waals surface area contributed by atoms with Gasteiger partial charge in [-0.1, -0.05) is 72.9 Å². The molecule has 6 heterocycles. The van der Waals surface area contributed by atoms with Crippen molar-refractivity contribution in [1.29, 1.82) is 0 Å². The fraction of sp³-hybridized carbons (Fsp3) is 0.274. The standard InChI is InChI=1S/C20H19NO2S2.C10H12N2.2C10H10O4.C8H8O3.C4F6O3/c24-20(25-12-14-8-9-18-19(10-14)23-13-22-18)7-3-4-15-11-21-17-6-2-1-5-16(15)17;11-6-5-8-7-12-10-4-2-1-3-9(8)10;2*1-7(11)12-5-8-2-3-9-10(4-8)14-6-13-9;9-4-6-1-2-7-8(3-6)11-5-10-7;5-3(6,7)1(11)13-2(12)4(8,9)10/h1-2,5-6,8-11,21H,3-4,7,12-13H2;1-4,7,12H,5-6,11H2;2*2-4H,5-6H2,1H3;1-3,9H,4-5H2;. The molecule has 5 N–H and O–H groups in total. The number of rotatable bonds is 13. The molecule has 4 aliphatic heterocycles. The average Bonchev–Trinajstić information content (AvgIpc) is 4.42. The number of hydrogen-bond acceptors (Lipinski definition) is 19. The molecule has 472 valence electrons. The van der Waals surface area contributed by atoms with Gasteiger partial charge in [0.2, 0.25) is 27.2 Å². The number of aromatic amines is 2. The molecule has 12 rings (SSSR count). The van der Waals surface area contributed by atoms with Crippen LogP contribution in [-0.4, -0.2) is 89.2 Å². The SMILES string of the molecule is CC(=O)OCc1ccc2c(c1)OCO2.CC(=O)OCc1ccc2c(c1)OCO2.NCCc1c[nH]c2ccccc12.O=C(OC(=O)C(F)(F)F)C(F)(F)F.OCc1ccc2c(c1)OCO2.S=C(CCCc1c[nH]c2ccccc12)SCc1ccc2c(c1)OCO2. The molecule has 0 atom stereocenters. The van der Waals surface area contributed by atoms with Crippen molar-refractivity contribution in [3.8, 4) is 46.0 Å². The molecule has 6 aromatic carbocycles. The molecule has 0 radical (unpaired) electrons. The summed E-state index contributed by atoms with van der Waals surface area (Å²) in [6, 6.07) is 39.1. The molecular weight excluding hydrogens is 1220 g/mol.